The molecule has 18 heavy (non-hydrogen) atoms. The van der Waals surface area contributed by atoms with Crippen molar-refractivity contribution in [1.29, 1.82) is 0 Å². The smallest absolute Gasteiger partial charge is 0.150 e. The zero-order chi connectivity index (χ0) is 13.6. The first-order chi connectivity index (χ1) is 8.43. The number of hydrogen-bond donors (Lipinski definition) is 0. The molecule has 5 heteroatoms. The van der Waals surface area contributed by atoms with E-state index in [1.807, 2.05) is 24.3 Å². The van der Waals surface area contributed by atoms with Gasteiger partial charge in [-0.15, -0.1) is 0 Å². The number of rotatable bonds is 7. The van der Waals surface area contributed by atoms with Gasteiger partial charge in [0.2, 0.25) is 0 Å². The van der Waals surface area contributed by atoms with Gasteiger partial charge in [0, 0.05) is 23.1 Å². The summed E-state index contributed by atoms with van der Waals surface area (Å²) in [5, 5.41) is 0. The van der Waals surface area contributed by atoms with Crippen molar-refractivity contribution in [3.8, 4) is 0 Å². The number of carbonyl (C=O) groups excluding carboxylic acids is 1. The van der Waals surface area contributed by atoms with E-state index >= 15 is 0 Å². The summed E-state index contributed by atoms with van der Waals surface area (Å²) >= 11 is 3.33. The fourth-order valence-electron chi connectivity index (χ4n) is 1.55. The number of hydrogen-bond acceptors (Lipinski definition) is 3. The Labute approximate surface area is 117 Å². The van der Waals surface area contributed by atoms with Gasteiger partial charge in [0.1, 0.15) is 15.6 Å². The molecule has 0 bridgehead atoms. The highest BCUT2D eigenvalue weighted by atomic mass is 79.9. The van der Waals surface area contributed by atoms with Gasteiger partial charge in [0.25, 0.3) is 0 Å². The molecule has 0 aromatic heterocycles. The molecule has 0 saturated carbocycles. The van der Waals surface area contributed by atoms with Crippen LogP contribution in [0.15, 0.2) is 28.7 Å². The Morgan fingerprint density at radius 1 is 1.22 bits per heavy atom. The normalized spacial score (nSPS) is 11.4. The predicted molar refractivity (Wildman–Crippen MR) is 76.4 cm³/mol. The number of Topliss-reactive ketones (excluding diaryl/α,β-unsaturated/α-hetero) is 1. The Bertz CT molecular complexity index is 491. The van der Waals surface area contributed by atoms with E-state index in [9.17, 15) is 13.2 Å². The summed E-state index contributed by atoms with van der Waals surface area (Å²) in [7, 11) is -2.95. The summed E-state index contributed by atoms with van der Waals surface area (Å²) in [5.74, 6) is 0.340. The predicted octanol–water partition coefficient (Wildman–Crippen LogP) is 2.78. The van der Waals surface area contributed by atoms with E-state index in [1.165, 1.54) is 0 Å². The van der Waals surface area contributed by atoms with E-state index in [-0.39, 0.29) is 17.3 Å². The average Bonchev–Trinajstić information content (AvgIpc) is 2.32. The largest absolute Gasteiger partial charge is 0.299 e. The Kier molecular flexibility index (Phi) is 6.02. The fraction of sp³-hybridized carbons (Fsp3) is 0.462. The topological polar surface area (TPSA) is 51.2 Å². The number of ketones is 1. The molecular formula is C13H17BrO3S. The van der Waals surface area contributed by atoms with E-state index < -0.39 is 9.84 Å². The van der Waals surface area contributed by atoms with Crippen molar-refractivity contribution in [1.82, 2.24) is 0 Å². The number of benzene rings is 1. The molecule has 0 heterocycles. The highest BCUT2D eigenvalue weighted by Gasteiger charge is 2.09. The molecule has 0 amide bonds. The summed E-state index contributed by atoms with van der Waals surface area (Å²) in [6, 6.07) is 7.57. The highest BCUT2D eigenvalue weighted by molar-refractivity contribution is 9.10. The van der Waals surface area contributed by atoms with Crippen molar-refractivity contribution in [2.75, 3.05) is 11.5 Å². The van der Waals surface area contributed by atoms with Gasteiger partial charge in [-0.25, -0.2) is 8.42 Å². The van der Waals surface area contributed by atoms with Gasteiger partial charge in [-0.2, -0.15) is 0 Å². The average molecular weight is 333 g/mol. The van der Waals surface area contributed by atoms with Gasteiger partial charge in [0.05, 0.1) is 5.75 Å². The van der Waals surface area contributed by atoms with Crippen LogP contribution in [0, 0.1) is 0 Å². The van der Waals surface area contributed by atoms with Gasteiger partial charge in [-0.3, -0.25) is 4.79 Å². The number of sulfone groups is 1. The van der Waals surface area contributed by atoms with Crippen molar-refractivity contribution < 1.29 is 13.2 Å². The lowest BCUT2D eigenvalue weighted by atomic mass is 10.1. The van der Waals surface area contributed by atoms with Crippen molar-refractivity contribution in [2.24, 2.45) is 0 Å². The van der Waals surface area contributed by atoms with E-state index in [0.717, 1.165) is 10.0 Å². The van der Waals surface area contributed by atoms with Crippen molar-refractivity contribution in [2.45, 2.75) is 26.2 Å². The second-order valence-corrected chi connectivity index (χ2v) is 7.57. The molecule has 0 unspecified atom stereocenters. The van der Waals surface area contributed by atoms with E-state index in [2.05, 4.69) is 15.9 Å². The Balaban J connectivity index is 2.36. The first-order valence-electron chi connectivity index (χ1n) is 5.89. The minimum atomic E-state index is -2.95. The van der Waals surface area contributed by atoms with Crippen LogP contribution in [-0.2, 0) is 21.1 Å². The molecule has 3 nitrogen and oxygen atoms in total. The number of carbonyl (C=O) groups is 1. The standard InChI is InChI=1S/C13H17BrO3S/c1-2-18(16,17)9-3-4-13(15)10-11-5-7-12(14)8-6-11/h5-8H,2-4,9-10H2,1H3. The zero-order valence-electron chi connectivity index (χ0n) is 10.4. The third-order valence-corrected chi connectivity index (χ3v) is 4.98. The van der Waals surface area contributed by atoms with Crippen LogP contribution in [0.25, 0.3) is 0 Å². The maximum atomic E-state index is 11.7. The maximum Gasteiger partial charge on any atom is 0.150 e. The summed E-state index contributed by atoms with van der Waals surface area (Å²) < 4.78 is 23.5. The van der Waals surface area contributed by atoms with Gasteiger partial charge in [-0.1, -0.05) is 35.0 Å². The van der Waals surface area contributed by atoms with Gasteiger partial charge < -0.3 is 0 Å². The molecule has 1 rings (SSSR count). The second-order valence-electron chi connectivity index (χ2n) is 4.18. The molecule has 0 aliphatic rings. The minimum Gasteiger partial charge on any atom is -0.299 e. The van der Waals surface area contributed by atoms with Gasteiger partial charge >= 0.3 is 0 Å². The summed E-state index contributed by atoms with van der Waals surface area (Å²) in [4.78, 5) is 11.7. The molecular weight excluding hydrogens is 316 g/mol. The monoisotopic (exact) mass is 332 g/mol. The molecule has 0 N–H and O–H groups in total. The molecule has 0 saturated heterocycles. The third kappa shape index (κ3) is 5.78. The van der Waals surface area contributed by atoms with Crippen LogP contribution in [0.5, 0.6) is 0 Å². The van der Waals surface area contributed by atoms with Gasteiger partial charge in [-0.05, 0) is 24.1 Å². The SMILES string of the molecule is CCS(=O)(=O)CCCC(=O)Cc1ccc(Br)cc1. The van der Waals surface area contributed by atoms with Crippen LogP contribution in [0.1, 0.15) is 25.3 Å². The molecule has 100 valence electrons. The molecule has 0 atom stereocenters. The Hall–Kier alpha value is -0.680. The molecule has 1 aromatic rings. The first-order valence-corrected chi connectivity index (χ1v) is 8.51. The molecule has 0 aliphatic heterocycles. The summed E-state index contributed by atoms with van der Waals surface area (Å²) in [6.45, 7) is 1.62. The quantitative estimate of drug-likeness (QED) is 0.771. The lowest BCUT2D eigenvalue weighted by Crippen LogP contribution is -2.11. The zero-order valence-corrected chi connectivity index (χ0v) is 12.8. The van der Waals surface area contributed by atoms with Crippen LogP contribution in [0.3, 0.4) is 0 Å². The van der Waals surface area contributed by atoms with Crippen molar-refractivity contribution in [3.63, 3.8) is 0 Å². The van der Waals surface area contributed by atoms with E-state index in [4.69, 9.17) is 0 Å². The first kappa shape index (κ1) is 15.4. The molecule has 0 aliphatic carbocycles. The Morgan fingerprint density at radius 3 is 2.39 bits per heavy atom. The second kappa shape index (κ2) is 7.04. The van der Waals surface area contributed by atoms with Crippen LogP contribution in [-0.4, -0.2) is 25.7 Å². The van der Waals surface area contributed by atoms with Crippen LogP contribution in [0.4, 0.5) is 0 Å². The van der Waals surface area contributed by atoms with Crippen LogP contribution in [0.2, 0.25) is 0 Å². The lowest BCUT2D eigenvalue weighted by molar-refractivity contribution is -0.118. The van der Waals surface area contributed by atoms with Crippen molar-refractivity contribution >= 4 is 31.6 Å². The summed E-state index contributed by atoms with van der Waals surface area (Å²) in [6.07, 6.45) is 1.13. The fourth-order valence-corrected chi connectivity index (χ4v) is 2.69. The summed E-state index contributed by atoms with van der Waals surface area (Å²) in [5.41, 5.74) is 0.960. The van der Waals surface area contributed by atoms with Crippen molar-refractivity contribution in [3.05, 3.63) is 34.3 Å². The molecule has 0 radical (unpaired) electrons. The Morgan fingerprint density at radius 2 is 1.83 bits per heavy atom. The minimum absolute atomic E-state index is 0.0867. The lowest BCUT2D eigenvalue weighted by Gasteiger charge is -2.02. The van der Waals surface area contributed by atoms with E-state index in [1.54, 1.807) is 6.92 Å². The molecule has 0 fully saturated rings. The van der Waals surface area contributed by atoms with Crippen LogP contribution < -0.4 is 0 Å². The van der Waals surface area contributed by atoms with Crippen LogP contribution >= 0.6 is 15.9 Å². The highest BCUT2D eigenvalue weighted by Crippen LogP contribution is 2.12. The maximum absolute atomic E-state index is 11.7. The van der Waals surface area contributed by atoms with Gasteiger partial charge in [0.15, 0.2) is 0 Å². The molecule has 0 spiro atoms. The third-order valence-electron chi connectivity index (χ3n) is 2.67. The van der Waals surface area contributed by atoms with E-state index in [0.29, 0.717) is 19.3 Å². The molecule has 1 aromatic carbocycles. The number of halogens is 1.